The Balaban J connectivity index is 1.61. The van der Waals surface area contributed by atoms with Crippen molar-refractivity contribution < 1.29 is 13.6 Å². The molecule has 1 aliphatic rings. The number of fused-ring (bicyclic) bond motifs is 1. The number of nitrogens with zero attached hydrogens (tertiary/aromatic N) is 3. The van der Waals surface area contributed by atoms with Gasteiger partial charge in [-0.05, 0) is 49.7 Å². The summed E-state index contributed by atoms with van der Waals surface area (Å²) < 4.78 is 20.2. The first kappa shape index (κ1) is 15.6. The van der Waals surface area contributed by atoms with Crippen molar-refractivity contribution in [3.63, 3.8) is 0 Å². The lowest BCUT2D eigenvalue weighted by Gasteiger charge is -2.18. The molecule has 0 atom stereocenters. The first-order valence-corrected chi connectivity index (χ1v) is 8.29. The summed E-state index contributed by atoms with van der Waals surface area (Å²) in [6, 6.07) is 9.75. The Labute approximate surface area is 144 Å². The highest BCUT2D eigenvalue weighted by Gasteiger charge is 2.24. The van der Waals surface area contributed by atoms with E-state index in [-0.39, 0.29) is 11.7 Å². The minimum absolute atomic E-state index is 0.0991. The SMILES string of the molecule is Cc1cc(C(=O)N2CCCc3occc3C2)nn1-c1ccc(F)cc1. The maximum atomic E-state index is 13.1. The Morgan fingerprint density at radius 1 is 1.24 bits per heavy atom. The largest absolute Gasteiger partial charge is 0.469 e. The summed E-state index contributed by atoms with van der Waals surface area (Å²) in [5, 5.41) is 4.44. The van der Waals surface area contributed by atoms with Crippen LogP contribution in [0, 0.1) is 12.7 Å². The summed E-state index contributed by atoms with van der Waals surface area (Å²) in [6.07, 6.45) is 3.38. The van der Waals surface area contributed by atoms with Gasteiger partial charge in [-0.25, -0.2) is 9.07 Å². The van der Waals surface area contributed by atoms with Crippen molar-refractivity contribution >= 4 is 5.91 Å². The second-order valence-electron chi connectivity index (χ2n) is 6.26. The predicted molar refractivity (Wildman–Crippen MR) is 90.0 cm³/mol. The number of benzene rings is 1. The summed E-state index contributed by atoms with van der Waals surface area (Å²) in [4.78, 5) is 14.7. The van der Waals surface area contributed by atoms with E-state index >= 15 is 0 Å². The molecule has 1 amide bonds. The predicted octanol–water partition coefficient (Wildman–Crippen LogP) is 3.50. The van der Waals surface area contributed by atoms with Crippen LogP contribution in [0.15, 0.2) is 47.1 Å². The highest BCUT2D eigenvalue weighted by molar-refractivity contribution is 5.92. The van der Waals surface area contributed by atoms with Crippen molar-refractivity contribution in [2.24, 2.45) is 0 Å². The molecule has 0 saturated carbocycles. The molecule has 2 aromatic heterocycles. The van der Waals surface area contributed by atoms with Crippen LogP contribution in [0.1, 0.15) is 33.9 Å². The van der Waals surface area contributed by atoms with Crippen LogP contribution in [0.2, 0.25) is 0 Å². The molecule has 5 nitrogen and oxygen atoms in total. The molecular weight excluding hydrogens is 321 g/mol. The van der Waals surface area contributed by atoms with Crippen LogP contribution < -0.4 is 0 Å². The fourth-order valence-corrected chi connectivity index (χ4v) is 3.20. The second kappa shape index (κ2) is 6.20. The third kappa shape index (κ3) is 2.95. The fourth-order valence-electron chi connectivity index (χ4n) is 3.20. The highest BCUT2D eigenvalue weighted by Crippen LogP contribution is 2.21. The quantitative estimate of drug-likeness (QED) is 0.718. The molecule has 3 aromatic rings. The molecule has 0 radical (unpaired) electrons. The van der Waals surface area contributed by atoms with Gasteiger partial charge < -0.3 is 9.32 Å². The van der Waals surface area contributed by atoms with E-state index in [2.05, 4.69) is 5.10 Å². The van der Waals surface area contributed by atoms with Crippen molar-refractivity contribution in [3.8, 4) is 5.69 Å². The van der Waals surface area contributed by atoms with Crippen LogP contribution in [0.25, 0.3) is 5.69 Å². The van der Waals surface area contributed by atoms with Crippen LogP contribution in [0.4, 0.5) is 4.39 Å². The molecule has 3 heterocycles. The number of hydrogen-bond acceptors (Lipinski definition) is 3. The van der Waals surface area contributed by atoms with Crippen LogP contribution in [0.5, 0.6) is 0 Å². The Morgan fingerprint density at radius 2 is 2.04 bits per heavy atom. The number of aromatic nitrogens is 2. The molecule has 0 saturated heterocycles. The van der Waals surface area contributed by atoms with Crippen LogP contribution in [-0.4, -0.2) is 27.1 Å². The lowest BCUT2D eigenvalue weighted by molar-refractivity contribution is 0.0739. The number of rotatable bonds is 2. The topological polar surface area (TPSA) is 51.3 Å². The molecule has 0 aliphatic carbocycles. The molecule has 25 heavy (non-hydrogen) atoms. The molecule has 0 N–H and O–H groups in total. The second-order valence-corrected chi connectivity index (χ2v) is 6.26. The van der Waals surface area contributed by atoms with Crippen molar-refractivity contribution in [1.82, 2.24) is 14.7 Å². The van der Waals surface area contributed by atoms with E-state index in [0.29, 0.717) is 18.8 Å². The zero-order valence-corrected chi connectivity index (χ0v) is 13.9. The number of aryl methyl sites for hydroxylation is 2. The lowest BCUT2D eigenvalue weighted by atomic mass is 10.2. The van der Waals surface area contributed by atoms with Crippen molar-refractivity contribution in [2.45, 2.75) is 26.3 Å². The summed E-state index contributed by atoms with van der Waals surface area (Å²) in [5.74, 6) is 0.562. The number of halogens is 1. The van der Waals surface area contributed by atoms with Gasteiger partial charge in [-0.2, -0.15) is 5.10 Å². The molecule has 1 aliphatic heterocycles. The van der Waals surface area contributed by atoms with E-state index in [1.54, 1.807) is 34.0 Å². The Morgan fingerprint density at radius 3 is 2.84 bits per heavy atom. The number of hydrogen-bond donors (Lipinski definition) is 0. The normalized spacial score (nSPS) is 14.2. The molecule has 0 spiro atoms. The van der Waals surface area contributed by atoms with Gasteiger partial charge in [0.05, 0.1) is 12.0 Å². The van der Waals surface area contributed by atoms with Crippen LogP contribution in [-0.2, 0) is 13.0 Å². The smallest absolute Gasteiger partial charge is 0.274 e. The van der Waals surface area contributed by atoms with Gasteiger partial charge in [0.25, 0.3) is 5.91 Å². The number of carbonyl (C=O) groups excluding carboxylic acids is 1. The average molecular weight is 339 g/mol. The monoisotopic (exact) mass is 339 g/mol. The Bertz CT molecular complexity index is 911. The maximum Gasteiger partial charge on any atom is 0.274 e. The summed E-state index contributed by atoms with van der Waals surface area (Å²) >= 11 is 0. The number of furan rings is 1. The molecular formula is C19H18FN3O2. The van der Waals surface area contributed by atoms with E-state index in [4.69, 9.17) is 4.42 Å². The number of amides is 1. The molecule has 6 heteroatoms. The zero-order chi connectivity index (χ0) is 17.4. The van der Waals surface area contributed by atoms with Gasteiger partial charge in [-0.15, -0.1) is 0 Å². The van der Waals surface area contributed by atoms with E-state index in [9.17, 15) is 9.18 Å². The van der Waals surface area contributed by atoms with Crippen molar-refractivity contribution in [2.75, 3.05) is 6.54 Å². The number of carbonyl (C=O) groups is 1. The highest BCUT2D eigenvalue weighted by atomic mass is 19.1. The minimum atomic E-state index is -0.301. The van der Waals surface area contributed by atoms with E-state index in [1.165, 1.54) is 12.1 Å². The van der Waals surface area contributed by atoms with Gasteiger partial charge in [0, 0.05) is 30.8 Å². The van der Waals surface area contributed by atoms with Gasteiger partial charge in [-0.3, -0.25) is 4.79 Å². The lowest BCUT2D eigenvalue weighted by Crippen LogP contribution is -2.31. The molecule has 0 bridgehead atoms. The van der Waals surface area contributed by atoms with Gasteiger partial charge in [0.1, 0.15) is 11.6 Å². The summed E-state index contributed by atoms with van der Waals surface area (Å²) in [6.45, 7) is 3.09. The zero-order valence-electron chi connectivity index (χ0n) is 13.9. The Kier molecular flexibility index (Phi) is 3.87. The van der Waals surface area contributed by atoms with Crippen LogP contribution >= 0.6 is 0 Å². The third-order valence-corrected chi connectivity index (χ3v) is 4.50. The van der Waals surface area contributed by atoms with E-state index < -0.39 is 0 Å². The average Bonchev–Trinajstić information content (AvgIpc) is 3.16. The fraction of sp³-hybridized carbons (Fsp3) is 0.263. The van der Waals surface area contributed by atoms with Gasteiger partial charge in [0.2, 0.25) is 0 Å². The summed E-state index contributed by atoms with van der Waals surface area (Å²) in [7, 11) is 0. The summed E-state index contributed by atoms with van der Waals surface area (Å²) in [5.41, 5.74) is 3.01. The van der Waals surface area contributed by atoms with Gasteiger partial charge >= 0.3 is 0 Å². The van der Waals surface area contributed by atoms with Crippen molar-refractivity contribution in [3.05, 3.63) is 71.2 Å². The Hall–Kier alpha value is -2.89. The first-order valence-electron chi connectivity index (χ1n) is 8.29. The third-order valence-electron chi connectivity index (χ3n) is 4.50. The molecule has 0 unspecified atom stereocenters. The minimum Gasteiger partial charge on any atom is -0.469 e. The molecule has 1 aromatic carbocycles. The van der Waals surface area contributed by atoms with Crippen LogP contribution in [0.3, 0.4) is 0 Å². The molecule has 0 fully saturated rings. The standard InChI is InChI=1S/C19H18FN3O2/c1-13-11-17(21-23(13)16-6-4-15(20)5-7-16)19(24)22-9-2-3-18-14(12-22)8-10-25-18/h4-8,10-11H,2-3,9,12H2,1H3. The molecule has 128 valence electrons. The van der Waals surface area contributed by atoms with Crippen molar-refractivity contribution in [1.29, 1.82) is 0 Å². The van der Waals surface area contributed by atoms with E-state index in [0.717, 1.165) is 35.5 Å². The van der Waals surface area contributed by atoms with E-state index in [1.807, 2.05) is 13.0 Å². The van der Waals surface area contributed by atoms with Gasteiger partial charge in [-0.1, -0.05) is 0 Å². The molecule has 4 rings (SSSR count). The first-order chi connectivity index (χ1) is 12.1. The van der Waals surface area contributed by atoms with Gasteiger partial charge in [0.15, 0.2) is 5.69 Å². The maximum absolute atomic E-state index is 13.1.